The van der Waals surface area contributed by atoms with E-state index in [9.17, 15) is 13.2 Å². The normalized spacial score (nSPS) is 11.2. The van der Waals surface area contributed by atoms with Crippen molar-refractivity contribution in [2.24, 2.45) is 11.5 Å². The second-order valence-electron chi connectivity index (χ2n) is 3.77. The van der Waals surface area contributed by atoms with Crippen molar-refractivity contribution < 1.29 is 13.2 Å². The van der Waals surface area contributed by atoms with E-state index < -0.39 is 15.9 Å². The summed E-state index contributed by atoms with van der Waals surface area (Å²) in [5.41, 5.74) is 11.5. The Labute approximate surface area is 106 Å². The van der Waals surface area contributed by atoms with E-state index in [-0.39, 0.29) is 11.3 Å². The largest absolute Gasteiger partial charge is 0.330 e. The molecule has 0 spiro atoms. The third-order valence-corrected chi connectivity index (χ3v) is 3.71. The third kappa shape index (κ3) is 4.10. The second-order valence-corrected chi connectivity index (χ2v) is 5.45. The van der Waals surface area contributed by atoms with Gasteiger partial charge >= 0.3 is 0 Å². The molecular weight excluding hydrogens is 254 g/mol. The molecule has 0 bridgehead atoms. The highest BCUT2D eigenvalue weighted by atomic mass is 32.2. The first-order chi connectivity index (χ1) is 8.49. The Morgan fingerprint density at radius 2 is 1.78 bits per heavy atom. The lowest BCUT2D eigenvalue weighted by Crippen LogP contribution is -2.30. The lowest BCUT2D eigenvalue weighted by atomic mass is 10.2. The Morgan fingerprint density at radius 1 is 1.17 bits per heavy atom. The number of nitrogens with one attached hydrogen (secondary N) is 1. The van der Waals surface area contributed by atoms with E-state index in [0.29, 0.717) is 19.5 Å². The van der Waals surface area contributed by atoms with Crippen molar-refractivity contribution in [3.63, 3.8) is 0 Å². The zero-order valence-electron chi connectivity index (χ0n) is 9.93. The number of nitrogens with two attached hydrogens (primary N) is 2. The van der Waals surface area contributed by atoms with Crippen LogP contribution in [0.25, 0.3) is 0 Å². The van der Waals surface area contributed by atoms with Gasteiger partial charge in [-0.25, -0.2) is 13.1 Å². The highest BCUT2D eigenvalue weighted by Gasteiger charge is 2.16. The van der Waals surface area contributed by atoms with Crippen molar-refractivity contribution >= 4 is 15.9 Å². The van der Waals surface area contributed by atoms with Crippen LogP contribution in [0.1, 0.15) is 18.4 Å². The molecule has 1 rings (SSSR count). The van der Waals surface area contributed by atoms with Crippen LogP contribution in [0.3, 0.4) is 0 Å². The summed E-state index contributed by atoms with van der Waals surface area (Å²) in [5, 5.41) is 0. The van der Waals surface area contributed by atoms with E-state index in [1.165, 1.54) is 12.1 Å². The van der Waals surface area contributed by atoms with Gasteiger partial charge in [0.25, 0.3) is 10.0 Å². The predicted molar refractivity (Wildman–Crippen MR) is 68.0 cm³/mol. The molecule has 0 atom stereocenters. The summed E-state index contributed by atoms with van der Waals surface area (Å²) in [6.45, 7) is 0.682. The van der Waals surface area contributed by atoms with Crippen molar-refractivity contribution in [1.82, 2.24) is 4.72 Å². The predicted octanol–water partition coefficient (Wildman–Crippen LogP) is -0.311. The number of benzene rings is 1. The highest BCUT2D eigenvalue weighted by molar-refractivity contribution is 7.90. The summed E-state index contributed by atoms with van der Waals surface area (Å²) >= 11 is 0. The molecule has 0 aliphatic carbocycles. The van der Waals surface area contributed by atoms with Gasteiger partial charge in [0.15, 0.2) is 0 Å². The van der Waals surface area contributed by atoms with E-state index in [1.54, 1.807) is 12.1 Å². The van der Waals surface area contributed by atoms with Crippen LogP contribution < -0.4 is 16.2 Å². The molecule has 7 heteroatoms. The summed E-state index contributed by atoms with van der Waals surface area (Å²) < 4.78 is 25.6. The molecule has 0 unspecified atom stereocenters. The van der Waals surface area contributed by atoms with Crippen molar-refractivity contribution in [3.05, 3.63) is 29.8 Å². The number of carbonyl (C=O) groups is 1. The van der Waals surface area contributed by atoms with E-state index in [1.807, 2.05) is 4.72 Å². The zero-order chi connectivity index (χ0) is 13.6. The van der Waals surface area contributed by atoms with Gasteiger partial charge in [0.2, 0.25) is 5.91 Å². The van der Waals surface area contributed by atoms with Gasteiger partial charge in [-0.05, 0) is 30.7 Å². The third-order valence-electron chi connectivity index (χ3n) is 2.33. The fraction of sp³-hybridized carbons (Fsp3) is 0.364. The Kier molecular flexibility index (Phi) is 5.26. The van der Waals surface area contributed by atoms with Gasteiger partial charge in [0.05, 0.1) is 4.90 Å². The van der Waals surface area contributed by atoms with Gasteiger partial charge in [-0.15, -0.1) is 0 Å². The lowest BCUT2D eigenvalue weighted by molar-refractivity contribution is -0.119. The van der Waals surface area contributed by atoms with Gasteiger partial charge in [-0.2, -0.15) is 0 Å². The minimum absolute atomic E-state index is 0.0424. The summed E-state index contributed by atoms with van der Waals surface area (Å²) in [6.07, 6.45) is 0.546. The first kappa shape index (κ1) is 14.6. The number of amides is 1. The molecule has 0 aliphatic heterocycles. The molecule has 0 aliphatic rings. The quantitative estimate of drug-likeness (QED) is 0.656. The van der Waals surface area contributed by atoms with Gasteiger partial charge in [0, 0.05) is 13.0 Å². The maximum atomic E-state index is 11.8. The molecule has 0 fully saturated rings. The monoisotopic (exact) mass is 271 g/mol. The summed E-state index contributed by atoms with van der Waals surface area (Å²) in [7, 11) is -3.80. The second kappa shape index (κ2) is 6.48. The first-order valence-electron chi connectivity index (χ1n) is 5.54. The SMILES string of the molecule is NCCCC(=O)NS(=O)(=O)c1ccc(CN)cc1. The number of sulfonamides is 1. The molecule has 1 aromatic carbocycles. The van der Waals surface area contributed by atoms with Crippen LogP contribution in [-0.2, 0) is 21.4 Å². The smallest absolute Gasteiger partial charge is 0.264 e. The van der Waals surface area contributed by atoms with E-state index in [0.717, 1.165) is 5.56 Å². The molecule has 1 amide bonds. The molecular formula is C11H17N3O3S. The Hall–Kier alpha value is -1.44. The van der Waals surface area contributed by atoms with Crippen LogP contribution in [0.2, 0.25) is 0 Å². The summed E-state index contributed by atoms with van der Waals surface area (Å²) in [5.74, 6) is -0.552. The fourth-order valence-corrected chi connectivity index (χ4v) is 2.34. The van der Waals surface area contributed by atoms with Gasteiger partial charge in [-0.3, -0.25) is 4.79 Å². The topological polar surface area (TPSA) is 115 Å². The summed E-state index contributed by atoms with van der Waals surface area (Å²) in [6, 6.07) is 6.05. The van der Waals surface area contributed by atoms with Crippen molar-refractivity contribution in [2.45, 2.75) is 24.3 Å². The minimum atomic E-state index is -3.80. The molecule has 0 aromatic heterocycles. The van der Waals surface area contributed by atoms with Crippen LogP contribution in [0.4, 0.5) is 0 Å². The number of carbonyl (C=O) groups excluding carboxylic acids is 1. The maximum Gasteiger partial charge on any atom is 0.264 e. The molecule has 18 heavy (non-hydrogen) atoms. The standard InChI is InChI=1S/C11H17N3O3S/c12-7-1-2-11(15)14-18(16,17)10-5-3-9(8-13)4-6-10/h3-6H,1-2,7-8,12-13H2,(H,14,15). The minimum Gasteiger partial charge on any atom is -0.330 e. The summed E-state index contributed by atoms with van der Waals surface area (Å²) in [4.78, 5) is 11.4. The molecule has 5 N–H and O–H groups in total. The number of rotatable bonds is 6. The van der Waals surface area contributed by atoms with E-state index in [4.69, 9.17) is 11.5 Å². The molecule has 0 radical (unpaired) electrons. The van der Waals surface area contributed by atoms with Gasteiger partial charge < -0.3 is 11.5 Å². The highest BCUT2D eigenvalue weighted by Crippen LogP contribution is 2.10. The molecule has 6 nitrogen and oxygen atoms in total. The van der Waals surface area contributed by atoms with Crippen molar-refractivity contribution in [3.8, 4) is 0 Å². The fourth-order valence-electron chi connectivity index (χ4n) is 1.33. The van der Waals surface area contributed by atoms with Crippen LogP contribution in [0.5, 0.6) is 0 Å². The van der Waals surface area contributed by atoms with Gasteiger partial charge in [-0.1, -0.05) is 12.1 Å². The van der Waals surface area contributed by atoms with Gasteiger partial charge in [0.1, 0.15) is 0 Å². The van der Waals surface area contributed by atoms with E-state index in [2.05, 4.69) is 0 Å². The van der Waals surface area contributed by atoms with Crippen LogP contribution >= 0.6 is 0 Å². The molecule has 0 heterocycles. The van der Waals surface area contributed by atoms with Crippen LogP contribution in [0.15, 0.2) is 29.2 Å². The molecule has 100 valence electrons. The molecule has 0 saturated carbocycles. The van der Waals surface area contributed by atoms with Crippen molar-refractivity contribution in [1.29, 1.82) is 0 Å². The van der Waals surface area contributed by atoms with Crippen LogP contribution in [-0.4, -0.2) is 20.9 Å². The Bertz CT molecular complexity index is 497. The maximum absolute atomic E-state index is 11.8. The average molecular weight is 271 g/mol. The first-order valence-corrected chi connectivity index (χ1v) is 7.02. The number of hydrogen-bond acceptors (Lipinski definition) is 5. The molecule has 0 saturated heterocycles. The van der Waals surface area contributed by atoms with Crippen molar-refractivity contribution in [2.75, 3.05) is 6.54 Å². The Morgan fingerprint density at radius 3 is 2.28 bits per heavy atom. The zero-order valence-corrected chi connectivity index (χ0v) is 10.7. The number of hydrogen-bond donors (Lipinski definition) is 3. The Balaban J connectivity index is 2.76. The average Bonchev–Trinajstić information content (AvgIpc) is 2.36. The van der Waals surface area contributed by atoms with Crippen LogP contribution in [0, 0.1) is 0 Å². The van der Waals surface area contributed by atoms with E-state index >= 15 is 0 Å². The molecule has 1 aromatic rings. The lowest BCUT2D eigenvalue weighted by Gasteiger charge is -2.07.